The van der Waals surface area contributed by atoms with Crippen LogP contribution in [0.5, 0.6) is 0 Å². The summed E-state index contributed by atoms with van der Waals surface area (Å²) in [6.45, 7) is 2.96. The molecule has 2 aromatic heterocycles. The predicted octanol–water partition coefficient (Wildman–Crippen LogP) is 4.32. The molecule has 2 aromatic rings. The minimum Gasteiger partial charge on any atom is -0.370 e. The van der Waals surface area contributed by atoms with Gasteiger partial charge < -0.3 is 10.1 Å². The molecule has 0 saturated heterocycles. The second-order valence-corrected chi connectivity index (χ2v) is 6.57. The molecule has 1 saturated carbocycles. The molecule has 0 atom stereocenters. The highest BCUT2D eigenvalue weighted by molar-refractivity contribution is 7.16. The number of anilines is 1. The Kier molecular flexibility index (Phi) is 4.40. The molecule has 0 amide bonds. The van der Waals surface area contributed by atoms with Crippen LogP contribution >= 0.6 is 11.3 Å². The van der Waals surface area contributed by atoms with Crippen LogP contribution in [0.25, 0.3) is 10.2 Å². The Hall–Kier alpha value is -1.20. The summed E-state index contributed by atoms with van der Waals surface area (Å²) in [5, 5.41) is 6.57. The smallest absolute Gasteiger partial charge is 0.164 e. The molecular formula is C16H23N3OS. The zero-order valence-electron chi connectivity index (χ0n) is 12.8. The highest BCUT2D eigenvalue weighted by atomic mass is 32.1. The molecular weight excluding hydrogens is 282 g/mol. The second kappa shape index (κ2) is 6.28. The molecule has 1 fully saturated rings. The highest BCUT2D eigenvalue weighted by Gasteiger charge is 2.36. The van der Waals surface area contributed by atoms with Crippen LogP contribution in [-0.4, -0.2) is 23.6 Å². The number of nitrogens with one attached hydrogen (secondary N) is 1. The van der Waals surface area contributed by atoms with Gasteiger partial charge in [-0.15, -0.1) is 11.3 Å². The summed E-state index contributed by atoms with van der Waals surface area (Å²) >= 11 is 1.67. The number of hydrogen-bond donors (Lipinski definition) is 1. The summed E-state index contributed by atoms with van der Waals surface area (Å²) in [4.78, 5) is 10.7. The van der Waals surface area contributed by atoms with Crippen molar-refractivity contribution < 1.29 is 4.74 Å². The Morgan fingerprint density at radius 2 is 2.00 bits per heavy atom. The lowest BCUT2D eigenvalue weighted by Crippen LogP contribution is -2.30. The van der Waals surface area contributed by atoms with Gasteiger partial charge in [0, 0.05) is 13.7 Å². The third-order valence-electron chi connectivity index (χ3n) is 4.38. The van der Waals surface area contributed by atoms with E-state index in [4.69, 9.17) is 14.7 Å². The average molecular weight is 305 g/mol. The first kappa shape index (κ1) is 14.7. The Morgan fingerprint density at radius 3 is 2.67 bits per heavy atom. The predicted molar refractivity (Wildman–Crippen MR) is 88.0 cm³/mol. The van der Waals surface area contributed by atoms with Crippen molar-refractivity contribution in [3.05, 3.63) is 17.3 Å². The van der Waals surface area contributed by atoms with Crippen LogP contribution in [0.2, 0.25) is 0 Å². The van der Waals surface area contributed by atoms with E-state index < -0.39 is 0 Å². The number of rotatable bonds is 4. The number of hydrogen-bond acceptors (Lipinski definition) is 5. The fourth-order valence-electron chi connectivity index (χ4n) is 3.18. The van der Waals surface area contributed by atoms with E-state index in [0.29, 0.717) is 0 Å². The van der Waals surface area contributed by atoms with Gasteiger partial charge in [-0.3, -0.25) is 0 Å². The first-order valence-corrected chi connectivity index (χ1v) is 8.72. The van der Waals surface area contributed by atoms with E-state index in [2.05, 4.69) is 23.7 Å². The molecule has 0 aliphatic heterocycles. The average Bonchev–Trinajstić information content (AvgIpc) is 2.84. The second-order valence-electron chi connectivity index (χ2n) is 5.68. The SMILES string of the molecule is CCNc1nc(C2(OC)CCCCCC2)nc2sccc12. The quantitative estimate of drug-likeness (QED) is 0.855. The fraction of sp³-hybridized carbons (Fsp3) is 0.625. The van der Waals surface area contributed by atoms with Crippen molar-refractivity contribution in [2.24, 2.45) is 0 Å². The summed E-state index contributed by atoms with van der Waals surface area (Å²) in [5.74, 6) is 1.80. The number of fused-ring (bicyclic) bond motifs is 1. The third-order valence-corrected chi connectivity index (χ3v) is 5.19. The lowest BCUT2D eigenvalue weighted by Gasteiger charge is -2.30. The van der Waals surface area contributed by atoms with Crippen LogP contribution in [0.3, 0.4) is 0 Å². The maximum Gasteiger partial charge on any atom is 0.164 e. The van der Waals surface area contributed by atoms with Crippen molar-refractivity contribution >= 4 is 27.4 Å². The summed E-state index contributed by atoms with van der Waals surface area (Å²) < 4.78 is 5.96. The lowest BCUT2D eigenvalue weighted by molar-refractivity contribution is -0.0347. The molecule has 2 heterocycles. The van der Waals surface area contributed by atoms with Crippen LogP contribution in [0.1, 0.15) is 51.3 Å². The van der Waals surface area contributed by atoms with E-state index in [0.717, 1.165) is 41.2 Å². The molecule has 114 valence electrons. The van der Waals surface area contributed by atoms with E-state index in [1.807, 2.05) is 0 Å². The normalized spacial score (nSPS) is 18.6. The van der Waals surface area contributed by atoms with Gasteiger partial charge >= 0.3 is 0 Å². The van der Waals surface area contributed by atoms with Crippen LogP contribution in [0, 0.1) is 0 Å². The molecule has 0 unspecified atom stereocenters. The molecule has 3 rings (SSSR count). The van der Waals surface area contributed by atoms with E-state index in [-0.39, 0.29) is 5.60 Å². The van der Waals surface area contributed by atoms with E-state index in [1.165, 1.54) is 25.7 Å². The third kappa shape index (κ3) is 2.77. The summed E-state index contributed by atoms with van der Waals surface area (Å²) in [5.41, 5.74) is -0.307. The molecule has 5 heteroatoms. The summed E-state index contributed by atoms with van der Waals surface area (Å²) in [6, 6.07) is 2.09. The summed E-state index contributed by atoms with van der Waals surface area (Å²) in [6.07, 6.45) is 6.99. The molecule has 0 spiro atoms. The van der Waals surface area contributed by atoms with Gasteiger partial charge in [0.2, 0.25) is 0 Å². The van der Waals surface area contributed by atoms with Crippen molar-refractivity contribution in [1.82, 2.24) is 9.97 Å². The Labute approximate surface area is 129 Å². The van der Waals surface area contributed by atoms with Gasteiger partial charge in [0.05, 0.1) is 5.39 Å². The Balaban J connectivity index is 2.08. The minimum atomic E-state index is -0.307. The number of methoxy groups -OCH3 is 1. The molecule has 1 N–H and O–H groups in total. The molecule has 4 nitrogen and oxygen atoms in total. The van der Waals surface area contributed by atoms with Gasteiger partial charge in [-0.05, 0) is 31.2 Å². The Morgan fingerprint density at radius 1 is 1.24 bits per heavy atom. The summed E-state index contributed by atoms with van der Waals surface area (Å²) in [7, 11) is 1.81. The molecule has 0 bridgehead atoms. The van der Waals surface area contributed by atoms with Crippen LogP contribution in [-0.2, 0) is 10.3 Å². The number of thiophene rings is 1. The number of aromatic nitrogens is 2. The first-order chi connectivity index (χ1) is 10.3. The standard InChI is InChI=1S/C16H23N3OS/c1-3-17-13-12-8-11-21-14(12)19-15(18-13)16(20-2)9-6-4-5-7-10-16/h8,11H,3-7,9-10H2,1-2H3,(H,17,18,19). The van der Waals surface area contributed by atoms with Gasteiger partial charge in [0.25, 0.3) is 0 Å². The topological polar surface area (TPSA) is 47.0 Å². The van der Waals surface area contributed by atoms with E-state index >= 15 is 0 Å². The maximum atomic E-state index is 5.96. The largest absolute Gasteiger partial charge is 0.370 e. The minimum absolute atomic E-state index is 0.307. The fourth-order valence-corrected chi connectivity index (χ4v) is 3.94. The van der Waals surface area contributed by atoms with Crippen LogP contribution in [0.4, 0.5) is 5.82 Å². The van der Waals surface area contributed by atoms with Gasteiger partial charge in [0.1, 0.15) is 16.2 Å². The maximum absolute atomic E-state index is 5.96. The van der Waals surface area contributed by atoms with Crippen molar-refractivity contribution in [2.75, 3.05) is 19.0 Å². The first-order valence-electron chi connectivity index (χ1n) is 7.84. The van der Waals surface area contributed by atoms with Gasteiger partial charge in [-0.2, -0.15) is 0 Å². The van der Waals surface area contributed by atoms with Crippen molar-refractivity contribution in [2.45, 2.75) is 51.0 Å². The highest BCUT2D eigenvalue weighted by Crippen LogP contribution is 2.39. The van der Waals surface area contributed by atoms with E-state index in [9.17, 15) is 0 Å². The lowest BCUT2D eigenvalue weighted by atomic mass is 9.93. The van der Waals surface area contributed by atoms with Crippen molar-refractivity contribution in [1.29, 1.82) is 0 Å². The monoisotopic (exact) mass is 305 g/mol. The van der Waals surface area contributed by atoms with E-state index in [1.54, 1.807) is 18.4 Å². The zero-order valence-corrected chi connectivity index (χ0v) is 13.6. The van der Waals surface area contributed by atoms with Crippen LogP contribution < -0.4 is 5.32 Å². The number of nitrogens with zero attached hydrogens (tertiary/aromatic N) is 2. The van der Waals surface area contributed by atoms with Gasteiger partial charge in [-0.1, -0.05) is 25.7 Å². The number of ether oxygens (including phenoxy) is 1. The van der Waals surface area contributed by atoms with Gasteiger partial charge in [-0.25, -0.2) is 9.97 Å². The molecule has 0 aromatic carbocycles. The van der Waals surface area contributed by atoms with Crippen molar-refractivity contribution in [3.8, 4) is 0 Å². The molecule has 21 heavy (non-hydrogen) atoms. The molecule has 1 aliphatic rings. The molecule has 1 aliphatic carbocycles. The zero-order chi connectivity index (χ0) is 14.7. The van der Waals surface area contributed by atoms with Gasteiger partial charge in [0.15, 0.2) is 5.82 Å². The van der Waals surface area contributed by atoms with Crippen LogP contribution in [0.15, 0.2) is 11.4 Å². The molecule has 0 radical (unpaired) electrons. The van der Waals surface area contributed by atoms with Crippen molar-refractivity contribution in [3.63, 3.8) is 0 Å². The Bertz CT molecular complexity index is 603.